The number of likely N-dealkylation sites (N-methyl/N-ethyl adjacent to an activating group) is 1. The third-order valence-electron chi connectivity index (χ3n) is 8.47. The molecule has 0 radical (unpaired) electrons. The molecule has 0 aliphatic carbocycles. The molecule has 4 aliphatic rings. The van der Waals surface area contributed by atoms with Crippen molar-refractivity contribution in [2.24, 2.45) is 17.8 Å². The van der Waals surface area contributed by atoms with Crippen LogP contribution in [0.25, 0.3) is 0 Å². The lowest BCUT2D eigenvalue weighted by molar-refractivity contribution is -0.145. The standard InChI is InChI=1S/C28H34ClN3O4S/c1-16(2)19(15-33)32-23-26(36)31(22-17(3)9-6-10-18(22)29)14-8-12-28(23)21(25(32)35)20-24(34)30(5)13-7-11-27(20,4)37-28/h6-12,16,19-21,23,33H,13-15H2,1-5H3/t19-,20+,21-,23?,27-,28-/m0/s1. The first-order valence-electron chi connectivity index (χ1n) is 12.8. The summed E-state index contributed by atoms with van der Waals surface area (Å²) in [7, 11) is 1.75. The van der Waals surface area contributed by atoms with Crippen molar-refractivity contribution in [2.45, 2.75) is 49.3 Å². The molecule has 1 unspecified atom stereocenters. The molecule has 5 rings (SSSR count). The fraction of sp³-hybridized carbons (Fsp3) is 0.536. The number of halogens is 1. The number of fused-ring (bicyclic) bond motifs is 2. The van der Waals surface area contributed by atoms with E-state index in [1.807, 2.05) is 64.1 Å². The van der Waals surface area contributed by atoms with Gasteiger partial charge in [-0.25, -0.2) is 0 Å². The van der Waals surface area contributed by atoms with Gasteiger partial charge in [-0.15, -0.1) is 11.8 Å². The molecule has 1 aromatic carbocycles. The van der Waals surface area contributed by atoms with Crippen molar-refractivity contribution in [3.05, 3.63) is 53.1 Å². The fourth-order valence-electron chi connectivity index (χ4n) is 6.73. The van der Waals surface area contributed by atoms with E-state index < -0.39 is 33.4 Å². The highest BCUT2D eigenvalue weighted by atomic mass is 35.5. The van der Waals surface area contributed by atoms with Crippen LogP contribution in [0.5, 0.6) is 0 Å². The minimum Gasteiger partial charge on any atom is -0.394 e. The molecule has 1 aromatic rings. The zero-order valence-corrected chi connectivity index (χ0v) is 23.4. The van der Waals surface area contributed by atoms with Crippen molar-refractivity contribution in [1.82, 2.24) is 9.80 Å². The summed E-state index contributed by atoms with van der Waals surface area (Å²) in [6.45, 7) is 8.29. The van der Waals surface area contributed by atoms with E-state index in [4.69, 9.17) is 11.6 Å². The molecule has 0 bridgehead atoms. The van der Waals surface area contributed by atoms with Crippen molar-refractivity contribution in [2.75, 3.05) is 31.6 Å². The molecule has 2 saturated heterocycles. The predicted octanol–water partition coefficient (Wildman–Crippen LogP) is 3.28. The summed E-state index contributed by atoms with van der Waals surface area (Å²) >= 11 is 8.15. The largest absolute Gasteiger partial charge is 0.394 e. The molecule has 2 fully saturated rings. The Morgan fingerprint density at radius 3 is 2.43 bits per heavy atom. The van der Waals surface area contributed by atoms with Gasteiger partial charge in [-0.05, 0) is 31.4 Å². The first-order chi connectivity index (χ1) is 17.5. The number of thioether (sulfide) groups is 1. The van der Waals surface area contributed by atoms with Crippen LogP contribution in [-0.4, -0.2) is 80.9 Å². The van der Waals surface area contributed by atoms with Gasteiger partial charge in [0.25, 0.3) is 5.91 Å². The summed E-state index contributed by atoms with van der Waals surface area (Å²) < 4.78 is -1.61. The summed E-state index contributed by atoms with van der Waals surface area (Å²) in [4.78, 5) is 47.7. The summed E-state index contributed by atoms with van der Waals surface area (Å²) in [6, 6.07) is 4.06. The maximum absolute atomic E-state index is 14.6. The van der Waals surface area contributed by atoms with E-state index in [0.717, 1.165) is 5.56 Å². The molecule has 9 heteroatoms. The van der Waals surface area contributed by atoms with Crippen LogP contribution in [0.2, 0.25) is 5.02 Å². The van der Waals surface area contributed by atoms with Crippen molar-refractivity contribution in [1.29, 1.82) is 0 Å². The van der Waals surface area contributed by atoms with E-state index in [1.165, 1.54) is 0 Å². The van der Waals surface area contributed by atoms with Gasteiger partial charge in [0, 0.05) is 24.9 Å². The number of aliphatic hydroxyl groups is 1. The average Bonchev–Trinajstić information content (AvgIpc) is 3.11. The number of aryl methyl sites for hydroxylation is 1. The minimum atomic E-state index is -0.960. The predicted molar refractivity (Wildman–Crippen MR) is 147 cm³/mol. The highest BCUT2D eigenvalue weighted by Gasteiger charge is 2.74. The van der Waals surface area contributed by atoms with E-state index >= 15 is 0 Å². The van der Waals surface area contributed by atoms with Gasteiger partial charge in [0.2, 0.25) is 11.8 Å². The van der Waals surface area contributed by atoms with Crippen LogP contribution in [0, 0.1) is 24.7 Å². The van der Waals surface area contributed by atoms with E-state index in [1.54, 1.807) is 39.6 Å². The Kier molecular flexibility index (Phi) is 6.52. The number of amides is 3. The number of anilines is 1. The van der Waals surface area contributed by atoms with Gasteiger partial charge >= 0.3 is 0 Å². The molecule has 4 aliphatic heterocycles. The molecule has 1 N–H and O–H groups in total. The zero-order valence-electron chi connectivity index (χ0n) is 21.8. The third kappa shape index (κ3) is 3.70. The Balaban J connectivity index is 1.72. The van der Waals surface area contributed by atoms with E-state index in [0.29, 0.717) is 23.8 Å². The highest BCUT2D eigenvalue weighted by molar-refractivity contribution is 8.02. The second-order valence-corrected chi connectivity index (χ2v) is 13.3. The Labute approximate surface area is 227 Å². The van der Waals surface area contributed by atoms with Gasteiger partial charge in [-0.3, -0.25) is 14.4 Å². The number of benzene rings is 1. The first kappa shape index (κ1) is 26.3. The van der Waals surface area contributed by atoms with Crippen molar-refractivity contribution in [3.63, 3.8) is 0 Å². The Morgan fingerprint density at radius 1 is 1.08 bits per heavy atom. The van der Waals surface area contributed by atoms with Crippen LogP contribution in [0.3, 0.4) is 0 Å². The monoisotopic (exact) mass is 543 g/mol. The number of aliphatic hydroxyl groups excluding tert-OH is 1. The van der Waals surface area contributed by atoms with Crippen molar-refractivity contribution < 1.29 is 19.5 Å². The van der Waals surface area contributed by atoms with Crippen molar-refractivity contribution in [3.8, 4) is 0 Å². The van der Waals surface area contributed by atoms with Crippen LogP contribution in [0.4, 0.5) is 5.69 Å². The topological polar surface area (TPSA) is 81.2 Å². The van der Waals surface area contributed by atoms with Crippen molar-refractivity contribution >= 4 is 46.8 Å². The highest BCUT2D eigenvalue weighted by Crippen LogP contribution is 2.66. The summed E-state index contributed by atoms with van der Waals surface area (Å²) in [5, 5.41) is 10.9. The van der Waals surface area contributed by atoms with Gasteiger partial charge in [-0.1, -0.05) is 61.9 Å². The molecule has 6 atom stereocenters. The molecule has 3 amide bonds. The lowest BCUT2D eigenvalue weighted by atomic mass is 9.74. The molecule has 37 heavy (non-hydrogen) atoms. The number of hydrogen-bond donors (Lipinski definition) is 1. The molecule has 198 valence electrons. The molecule has 7 nitrogen and oxygen atoms in total. The van der Waals surface area contributed by atoms with Gasteiger partial charge in [0.1, 0.15) is 6.04 Å². The normalized spacial score (nSPS) is 34.0. The lowest BCUT2D eigenvalue weighted by Gasteiger charge is -2.41. The van der Waals surface area contributed by atoms with E-state index in [9.17, 15) is 19.5 Å². The van der Waals surface area contributed by atoms with E-state index in [2.05, 4.69) is 0 Å². The maximum atomic E-state index is 14.6. The smallest absolute Gasteiger partial charge is 0.251 e. The first-order valence-corrected chi connectivity index (χ1v) is 14.0. The molecular weight excluding hydrogens is 510 g/mol. The summed E-state index contributed by atoms with van der Waals surface area (Å²) in [5.41, 5.74) is 1.48. The minimum absolute atomic E-state index is 0.0928. The Hall–Kier alpha value is -2.29. The van der Waals surface area contributed by atoms with Gasteiger partial charge < -0.3 is 19.8 Å². The molecule has 4 heterocycles. The average molecular weight is 544 g/mol. The van der Waals surface area contributed by atoms with Gasteiger partial charge in [0.05, 0.1) is 39.9 Å². The van der Waals surface area contributed by atoms with Gasteiger partial charge in [-0.2, -0.15) is 0 Å². The maximum Gasteiger partial charge on any atom is 0.251 e. The summed E-state index contributed by atoms with van der Waals surface area (Å²) in [5.74, 6) is -2.03. The van der Waals surface area contributed by atoms with Crippen LogP contribution >= 0.6 is 23.4 Å². The molecule has 0 saturated carbocycles. The second-order valence-electron chi connectivity index (χ2n) is 11.1. The SMILES string of the molecule is Cc1cccc(Cl)c1N1CC=C[C@]23S[C@@]4(C)C=CCN(C)C(=O)[C@H]4[C@H]2C(=O)N([C@@H](CO)C(C)C)C3C1=O. The summed E-state index contributed by atoms with van der Waals surface area (Å²) in [6.07, 6.45) is 7.95. The fourth-order valence-corrected chi connectivity index (χ4v) is 9.19. The quantitative estimate of drug-likeness (QED) is 0.589. The van der Waals surface area contributed by atoms with Gasteiger partial charge in [0.15, 0.2) is 0 Å². The van der Waals surface area contributed by atoms with Crippen LogP contribution in [0.15, 0.2) is 42.5 Å². The van der Waals surface area contributed by atoms with Crippen LogP contribution in [0.1, 0.15) is 26.3 Å². The number of likely N-dealkylation sites (tertiary alicyclic amines) is 1. The molecule has 1 spiro atoms. The number of rotatable bonds is 4. The number of carbonyl (C=O) groups is 3. The third-order valence-corrected chi connectivity index (χ3v) is 10.6. The number of hydrogen-bond acceptors (Lipinski definition) is 5. The number of nitrogens with zero attached hydrogens (tertiary/aromatic N) is 3. The zero-order chi connectivity index (χ0) is 26.9. The lowest BCUT2D eigenvalue weighted by Crippen LogP contribution is -2.58. The molecule has 0 aromatic heterocycles. The second kappa shape index (κ2) is 9.17. The van der Waals surface area contributed by atoms with Crippen LogP contribution < -0.4 is 4.90 Å². The van der Waals surface area contributed by atoms with E-state index in [-0.39, 0.29) is 30.2 Å². The Bertz CT molecular complexity index is 1200. The number of carbonyl (C=O) groups excluding carboxylic acids is 3. The van der Waals surface area contributed by atoms with Crippen LogP contribution in [-0.2, 0) is 14.4 Å². The Morgan fingerprint density at radius 2 is 1.78 bits per heavy atom. The number of para-hydroxylation sites is 1. The molecular formula is C28H34ClN3O4S.